The summed E-state index contributed by atoms with van der Waals surface area (Å²) >= 11 is 0. The molecule has 4 aliphatic carbocycles. The molecule has 4 nitrogen and oxygen atoms in total. The van der Waals surface area contributed by atoms with E-state index in [1.807, 2.05) is 6.08 Å². The monoisotopic (exact) mass is 346 g/mol. The molecule has 4 rings (SSSR count). The van der Waals surface area contributed by atoms with Crippen LogP contribution >= 0.6 is 0 Å². The largest absolute Gasteiger partial charge is 0.393 e. The fourth-order valence-corrected chi connectivity index (χ4v) is 7.33. The maximum Gasteiger partial charge on any atom is 0.161 e. The van der Waals surface area contributed by atoms with E-state index in [-0.39, 0.29) is 40.8 Å². The summed E-state index contributed by atoms with van der Waals surface area (Å²) in [6.07, 6.45) is 7.32. The lowest BCUT2D eigenvalue weighted by Crippen LogP contribution is -2.57. The van der Waals surface area contributed by atoms with Gasteiger partial charge in [0.05, 0.1) is 6.10 Å². The van der Waals surface area contributed by atoms with Gasteiger partial charge in [0.1, 0.15) is 6.61 Å². The van der Waals surface area contributed by atoms with E-state index in [2.05, 4.69) is 13.8 Å². The molecule has 0 bridgehead atoms. The number of fused-ring (bicyclic) bond motifs is 5. The predicted molar refractivity (Wildman–Crippen MR) is 93.7 cm³/mol. The third-order valence-electron chi connectivity index (χ3n) is 8.44. The summed E-state index contributed by atoms with van der Waals surface area (Å²) in [4.78, 5) is 24.2. The van der Waals surface area contributed by atoms with Crippen LogP contribution in [0.3, 0.4) is 0 Å². The van der Waals surface area contributed by atoms with Crippen molar-refractivity contribution in [3.05, 3.63) is 11.6 Å². The van der Waals surface area contributed by atoms with Crippen LogP contribution in [0, 0.1) is 34.5 Å². The van der Waals surface area contributed by atoms with Crippen LogP contribution in [0.25, 0.3) is 0 Å². The van der Waals surface area contributed by atoms with Gasteiger partial charge in [0.15, 0.2) is 11.6 Å². The molecular weight excluding hydrogens is 316 g/mol. The lowest BCUT2D eigenvalue weighted by atomic mass is 9.46. The number of aliphatic hydroxyl groups is 2. The van der Waals surface area contributed by atoms with Gasteiger partial charge in [-0.1, -0.05) is 19.4 Å². The lowest BCUT2D eigenvalue weighted by molar-refractivity contribution is -0.146. The normalized spacial score (nSPS) is 49.0. The average molecular weight is 346 g/mol. The van der Waals surface area contributed by atoms with Crippen molar-refractivity contribution in [3.8, 4) is 0 Å². The molecule has 0 aromatic carbocycles. The number of Topliss-reactive ketones (excluding diaryl/α,β-unsaturated/α-hetero) is 1. The van der Waals surface area contributed by atoms with E-state index in [0.717, 1.165) is 32.1 Å². The fraction of sp³-hybridized carbons (Fsp3) is 0.810. The van der Waals surface area contributed by atoms with Gasteiger partial charge in [-0.2, -0.15) is 0 Å². The Morgan fingerprint density at radius 2 is 2.00 bits per heavy atom. The van der Waals surface area contributed by atoms with Gasteiger partial charge in [0.2, 0.25) is 0 Å². The molecule has 0 radical (unpaired) electrons. The number of allylic oxidation sites excluding steroid dienone is 1. The summed E-state index contributed by atoms with van der Waals surface area (Å²) in [5.41, 5.74) is 0.979. The van der Waals surface area contributed by atoms with Crippen LogP contribution in [0.4, 0.5) is 0 Å². The molecule has 0 amide bonds. The van der Waals surface area contributed by atoms with E-state index < -0.39 is 6.10 Å². The molecule has 4 heteroatoms. The third-order valence-corrected chi connectivity index (χ3v) is 8.44. The van der Waals surface area contributed by atoms with Crippen molar-refractivity contribution in [2.24, 2.45) is 34.5 Å². The number of hydrogen-bond acceptors (Lipinski definition) is 4. The highest BCUT2D eigenvalue weighted by Gasteiger charge is 2.62. The predicted octanol–water partition coefficient (Wildman–Crippen LogP) is 2.67. The molecule has 0 heterocycles. The highest BCUT2D eigenvalue weighted by molar-refractivity contribution is 5.91. The summed E-state index contributed by atoms with van der Waals surface area (Å²) in [7, 11) is 0. The van der Waals surface area contributed by atoms with Gasteiger partial charge in [-0.3, -0.25) is 9.59 Å². The summed E-state index contributed by atoms with van der Waals surface area (Å²) in [5.74, 6) is 1.12. The first-order chi connectivity index (χ1) is 11.8. The average Bonchev–Trinajstić information content (AvgIpc) is 2.91. The fourth-order valence-electron chi connectivity index (χ4n) is 7.33. The number of hydrogen-bond donors (Lipinski definition) is 2. The SMILES string of the molecule is C[C@]12CCC(=O)C=C1CC[C@@H]1C2[C@@H](O)C[C@@]2(C)C1CC[C@@H]2C(=O)CO. The van der Waals surface area contributed by atoms with Crippen molar-refractivity contribution in [1.29, 1.82) is 0 Å². The quantitative estimate of drug-likeness (QED) is 0.806. The third kappa shape index (κ3) is 2.33. The van der Waals surface area contributed by atoms with E-state index in [9.17, 15) is 19.8 Å². The van der Waals surface area contributed by atoms with Crippen molar-refractivity contribution in [1.82, 2.24) is 0 Å². The van der Waals surface area contributed by atoms with Crippen molar-refractivity contribution >= 4 is 11.6 Å². The zero-order valence-corrected chi connectivity index (χ0v) is 15.3. The van der Waals surface area contributed by atoms with Crippen LogP contribution in [0.1, 0.15) is 58.8 Å². The van der Waals surface area contributed by atoms with E-state index in [4.69, 9.17) is 0 Å². The second-order valence-electron chi connectivity index (χ2n) is 9.42. The van der Waals surface area contributed by atoms with Gasteiger partial charge in [0, 0.05) is 12.3 Å². The van der Waals surface area contributed by atoms with E-state index >= 15 is 0 Å². The molecule has 0 spiro atoms. The Hall–Kier alpha value is -1.00. The Kier molecular flexibility index (Phi) is 4.01. The Morgan fingerprint density at radius 3 is 2.72 bits per heavy atom. The molecule has 0 aliphatic heterocycles. The lowest BCUT2D eigenvalue weighted by Gasteiger charge is -2.59. The summed E-state index contributed by atoms with van der Waals surface area (Å²) in [6.45, 7) is 4.03. The zero-order chi connectivity index (χ0) is 18.0. The van der Waals surface area contributed by atoms with E-state index in [0.29, 0.717) is 24.7 Å². The summed E-state index contributed by atoms with van der Waals surface area (Å²) in [5, 5.41) is 20.5. The summed E-state index contributed by atoms with van der Waals surface area (Å²) in [6, 6.07) is 0. The Morgan fingerprint density at radius 1 is 1.24 bits per heavy atom. The van der Waals surface area contributed by atoms with Gasteiger partial charge in [-0.25, -0.2) is 0 Å². The molecular formula is C21H30O4. The van der Waals surface area contributed by atoms with Crippen LogP contribution in [0.2, 0.25) is 0 Å². The zero-order valence-electron chi connectivity index (χ0n) is 15.3. The highest BCUT2D eigenvalue weighted by atomic mass is 16.3. The number of aliphatic hydroxyl groups excluding tert-OH is 2. The number of carbonyl (C=O) groups excluding carboxylic acids is 2. The molecule has 0 aromatic heterocycles. The van der Waals surface area contributed by atoms with Gasteiger partial charge in [-0.15, -0.1) is 0 Å². The van der Waals surface area contributed by atoms with Crippen molar-refractivity contribution < 1.29 is 19.8 Å². The van der Waals surface area contributed by atoms with Crippen LogP contribution < -0.4 is 0 Å². The Labute approximate surface area is 149 Å². The second kappa shape index (κ2) is 5.75. The molecule has 3 fully saturated rings. The standard InChI is InChI=1S/C21H30O4/c1-20-8-7-13(23)9-12(20)3-4-14-15-5-6-16(18(25)11-22)21(15,2)10-17(24)19(14)20/h9,14-17,19,22,24H,3-8,10-11H2,1-2H3/t14-,15?,16+,17-,19?,20-,21-/m0/s1. The molecule has 0 saturated heterocycles. The molecule has 3 saturated carbocycles. The van der Waals surface area contributed by atoms with Crippen molar-refractivity contribution in [3.63, 3.8) is 0 Å². The Balaban J connectivity index is 1.70. The summed E-state index contributed by atoms with van der Waals surface area (Å²) < 4.78 is 0. The minimum Gasteiger partial charge on any atom is -0.393 e. The van der Waals surface area contributed by atoms with Crippen LogP contribution in [0.15, 0.2) is 11.6 Å². The molecule has 7 atom stereocenters. The topological polar surface area (TPSA) is 74.6 Å². The molecule has 25 heavy (non-hydrogen) atoms. The number of ketones is 2. The molecule has 0 aromatic rings. The maximum atomic E-state index is 12.3. The minimum absolute atomic E-state index is 0.0541. The Bertz CT molecular complexity index is 638. The van der Waals surface area contributed by atoms with Crippen LogP contribution in [0.5, 0.6) is 0 Å². The first-order valence-corrected chi connectivity index (χ1v) is 9.87. The van der Waals surface area contributed by atoms with E-state index in [1.54, 1.807) is 0 Å². The van der Waals surface area contributed by atoms with Crippen LogP contribution in [-0.2, 0) is 9.59 Å². The molecule has 2 N–H and O–H groups in total. The highest BCUT2D eigenvalue weighted by Crippen LogP contribution is 2.66. The van der Waals surface area contributed by atoms with Crippen LogP contribution in [-0.4, -0.2) is 34.5 Å². The maximum absolute atomic E-state index is 12.3. The molecule has 2 unspecified atom stereocenters. The number of carbonyl (C=O) groups is 2. The second-order valence-corrected chi connectivity index (χ2v) is 9.42. The smallest absolute Gasteiger partial charge is 0.161 e. The van der Waals surface area contributed by atoms with Crippen molar-refractivity contribution in [2.75, 3.05) is 6.61 Å². The van der Waals surface area contributed by atoms with Gasteiger partial charge >= 0.3 is 0 Å². The molecule has 4 aliphatic rings. The first-order valence-electron chi connectivity index (χ1n) is 9.87. The van der Waals surface area contributed by atoms with Gasteiger partial charge in [0.25, 0.3) is 0 Å². The van der Waals surface area contributed by atoms with Gasteiger partial charge < -0.3 is 10.2 Å². The van der Waals surface area contributed by atoms with Crippen molar-refractivity contribution in [2.45, 2.75) is 64.9 Å². The number of rotatable bonds is 2. The van der Waals surface area contributed by atoms with Gasteiger partial charge in [-0.05, 0) is 73.2 Å². The van der Waals surface area contributed by atoms with E-state index in [1.165, 1.54) is 5.57 Å². The molecule has 138 valence electrons. The first kappa shape index (κ1) is 17.4. The minimum atomic E-state index is -0.430.